The largest absolute Gasteiger partial charge is 0.504 e. The van der Waals surface area contributed by atoms with Gasteiger partial charge in [0.1, 0.15) is 5.56 Å². The quantitative estimate of drug-likeness (QED) is 0.528. The summed E-state index contributed by atoms with van der Waals surface area (Å²) in [4.78, 5) is 22.6. The normalized spacial score (nSPS) is 10.0. The van der Waals surface area contributed by atoms with E-state index in [0.717, 1.165) is 18.9 Å². The third-order valence-corrected chi connectivity index (χ3v) is 2.58. The molecular formula is C14H19NO6. The summed E-state index contributed by atoms with van der Waals surface area (Å²) in [5.74, 6) is -1.81. The van der Waals surface area contributed by atoms with Crippen LogP contribution in [-0.2, 0) is 4.74 Å². The SMILES string of the molecule is CCCCOC(=O)Nc1cc(OCC)c(O)c(C(=O)O)c1. The van der Waals surface area contributed by atoms with Crippen LogP contribution >= 0.6 is 0 Å². The van der Waals surface area contributed by atoms with Crippen LogP contribution < -0.4 is 10.1 Å². The van der Waals surface area contributed by atoms with E-state index in [1.165, 1.54) is 6.07 Å². The van der Waals surface area contributed by atoms with Gasteiger partial charge in [0, 0.05) is 11.8 Å². The van der Waals surface area contributed by atoms with Gasteiger partial charge in [0.2, 0.25) is 0 Å². The Morgan fingerprint density at radius 1 is 1.29 bits per heavy atom. The molecule has 3 N–H and O–H groups in total. The minimum atomic E-state index is -1.32. The van der Waals surface area contributed by atoms with E-state index in [9.17, 15) is 14.7 Å². The highest BCUT2D eigenvalue weighted by atomic mass is 16.5. The molecule has 0 aliphatic rings. The summed E-state index contributed by atoms with van der Waals surface area (Å²) in [6, 6.07) is 2.48. The van der Waals surface area contributed by atoms with Crippen molar-refractivity contribution in [2.75, 3.05) is 18.5 Å². The van der Waals surface area contributed by atoms with Crippen LogP contribution in [0.5, 0.6) is 11.5 Å². The average Bonchev–Trinajstić information content (AvgIpc) is 2.42. The third kappa shape index (κ3) is 4.87. The molecule has 7 heteroatoms. The Bertz CT molecular complexity index is 514. The van der Waals surface area contributed by atoms with Gasteiger partial charge in [0.25, 0.3) is 0 Å². The molecular weight excluding hydrogens is 278 g/mol. The van der Waals surface area contributed by atoms with Crippen LogP contribution in [0.1, 0.15) is 37.0 Å². The second kappa shape index (κ2) is 7.98. The summed E-state index contributed by atoms with van der Waals surface area (Å²) in [5.41, 5.74) is -0.181. The predicted molar refractivity (Wildman–Crippen MR) is 76.1 cm³/mol. The highest BCUT2D eigenvalue weighted by Crippen LogP contribution is 2.34. The molecule has 0 aliphatic heterocycles. The maximum absolute atomic E-state index is 11.5. The lowest BCUT2D eigenvalue weighted by atomic mass is 10.1. The highest BCUT2D eigenvalue weighted by Gasteiger charge is 2.17. The van der Waals surface area contributed by atoms with Gasteiger partial charge in [-0.2, -0.15) is 0 Å². The van der Waals surface area contributed by atoms with Crippen molar-refractivity contribution in [2.45, 2.75) is 26.7 Å². The lowest BCUT2D eigenvalue weighted by Gasteiger charge is -2.12. The number of carboxylic acid groups (broad SMARTS) is 1. The van der Waals surface area contributed by atoms with Crippen LogP contribution in [0.3, 0.4) is 0 Å². The molecule has 0 spiro atoms. The van der Waals surface area contributed by atoms with E-state index >= 15 is 0 Å². The first kappa shape index (κ1) is 16.6. The van der Waals surface area contributed by atoms with E-state index < -0.39 is 17.8 Å². The van der Waals surface area contributed by atoms with Gasteiger partial charge >= 0.3 is 12.1 Å². The van der Waals surface area contributed by atoms with Crippen molar-refractivity contribution in [1.82, 2.24) is 0 Å². The second-order valence-corrected chi connectivity index (χ2v) is 4.22. The van der Waals surface area contributed by atoms with Crippen LogP contribution in [-0.4, -0.2) is 35.5 Å². The molecule has 0 saturated carbocycles. The van der Waals surface area contributed by atoms with E-state index in [1.807, 2.05) is 6.92 Å². The number of hydrogen-bond donors (Lipinski definition) is 3. The van der Waals surface area contributed by atoms with Crippen LogP contribution in [0.25, 0.3) is 0 Å². The molecule has 1 aromatic carbocycles. The van der Waals surface area contributed by atoms with Gasteiger partial charge < -0.3 is 19.7 Å². The van der Waals surface area contributed by atoms with Crippen molar-refractivity contribution in [3.05, 3.63) is 17.7 Å². The van der Waals surface area contributed by atoms with Gasteiger partial charge in [-0.3, -0.25) is 5.32 Å². The summed E-state index contributed by atoms with van der Waals surface area (Å²) in [7, 11) is 0. The standard InChI is InChI=1S/C14H19NO6/c1-3-5-6-21-14(19)15-9-7-10(13(17)18)12(16)11(8-9)20-4-2/h7-8,16H,3-6H2,1-2H3,(H,15,19)(H,17,18). The fourth-order valence-electron chi connectivity index (χ4n) is 1.57. The van der Waals surface area contributed by atoms with E-state index in [2.05, 4.69) is 5.32 Å². The first-order valence-electron chi connectivity index (χ1n) is 6.66. The minimum absolute atomic E-state index is 0.0127. The van der Waals surface area contributed by atoms with E-state index in [4.69, 9.17) is 14.6 Å². The zero-order valence-electron chi connectivity index (χ0n) is 12.0. The number of rotatable bonds is 7. The Morgan fingerprint density at radius 3 is 2.57 bits per heavy atom. The van der Waals surface area contributed by atoms with Crippen molar-refractivity contribution < 1.29 is 29.3 Å². The Balaban J connectivity index is 2.91. The number of benzene rings is 1. The summed E-state index contributed by atoms with van der Waals surface area (Å²) in [6.45, 7) is 4.19. The first-order valence-corrected chi connectivity index (χ1v) is 6.66. The van der Waals surface area contributed by atoms with Crippen LogP contribution in [0.15, 0.2) is 12.1 Å². The topological polar surface area (TPSA) is 105 Å². The molecule has 0 bridgehead atoms. The maximum Gasteiger partial charge on any atom is 0.411 e. The fraction of sp³-hybridized carbons (Fsp3) is 0.429. The molecule has 1 amide bonds. The van der Waals surface area contributed by atoms with Crippen LogP contribution in [0.2, 0.25) is 0 Å². The second-order valence-electron chi connectivity index (χ2n) is 4.22. The van der Waals surface area contributed by atoms with E-state index in [-0.39, 0.29) is 30.2 Å². The number of aromatic hydroxyl groups is 1. The zero-order valence-corrected chi connectivity index (χ0v) is 12.0. The Hall–Kier alpha value is -2.44. The summed E-state index contributed by atoms with van der Waals surface area (Å²) < 4.78 is 10.1. The number of amides is 1. The molecule has 116 valence electrons. The lowest BCUT2D eigenvalue weighted by molar-refractivity contribution is 0.0692. The number of phenols is 1. The van der Waals surface area contributed by atoms with Gasteiger partial charge in [-0.25, -0.2) is 9.59 Å². The van der Waals surface area contributed by atoms with E-state index in [1.54, 1.807) is 6.92 Å². The first-order chi connectivity index (χ1) is 9.99. The molecule has 1 rings (SSSR count). The number of nitrogens with one attached hydrogen (secondary N) is 1. The van der Waals surface area contributed by atoms with Gasteiger partial charge in [-0.05, 0) is 19.4 Å². The van der Waals surface area contributed by atoms with Crippen molar-refractivity contribution in [1.29, 1.82) is 0 Å². The van der Waals surface area contributed by atoms with Gasteiger partial charge in [-0.1, -0.05) is 13.3 Å². The highest BCUT2D eigenvalue weighted by molar-refractivity contribution is 5.95. The monoisotopic (exact) mass is 297 g/mol. The average molecular weight is 297 g/mol. The number of carboxylic acids is 1. The molecule has 0 heterocycles. The molecule has 0 aliphatic carbocycles. The van der Waals surface area contributed by atoms with Crippen molar-refractivity contribution >= 4 is 17.7 Å². The third-order valence-electron chi connectivity index (χ3n) is 2.58. The van der Waals surface area contributed by atoms with Crippen molar-refractivity contribution in [2.24, 2.45) is 0 Å². The van der Waals surface area contributed by atoms with Crippen molar-refractivity contribution in [3.63, 3.8) is 0 Å². The molecule has 1 aromatic rings. The number of anilines is 1. The molecule has 0 aromatic heterocycles. The number of unbranched alkanes of at least 4 members (excludes halogenated alkanes) is 1. The molecule has 0 atom stereocenters. The molecule has 0 unspecified atom stereocenters. The lowest BCUT2D eigenvalue weighted by Crippen LogP contribution is -2.15. The molecule has 7 nitrogen and oxygen atoms in total. The predicted octanol–water partition coefficient (Wildman–Crippen LogP) is 2.84. The number of carbonyl (C=O) groups excluding carboxylic acids is 1. The number of carbonyl (C=O) groups is 2. The smallest absolute Gasteiger partial charge is 0.411 e. The number of ether oxygens (including phenoxy) is 2. The van der Waals surface area contributed by atoms with Gasteiger partial charge in [0.15, 0.2) is 11.5 Å². The summed E-state index contributed by atoms with van der Waals surface area (Å²) in [6.07, 6.45) is 0.950. The zero-order chi connectivity index (χ0) is 15.8. The molecule has 0 radical (unpaired) electrons. The van der Waals surface area contributed by atoms with E-state index in [0.29, 0.717) is 0 Å². The Morgan fingerprint density at radius 2 is 2.00 bits per heavy atom. The van der Waals surface area contributed by atoms with Crippen molar-refractivity contribution in [3.8, 4) is 11.5 Å². The number of hydrogen-bond acceptors (Lipinski definition) is 5. The fourth-order valence-corrected chi connectivity index (χ4v) is 1.57. The Labute approximate surface area is 122 Å². The summed E-state index contributed by atoms with van der Waals surface area (Å²) in [5, 5.41) is 21.2. The van der Waals surface area contributed by atoms with Gasteiger partial charge in [-0.15, -0.1) is 0 Å². The van der Waals surface area contributed by atoms with Gasteiger partial charge in [0.05, 0.1) is 13.2 Å². The summed E-state index contributed by atoms with van der Waals surface area (Å²) >= 11 is 0. The maximum atomic E-state index is 11.5. The van der Waals surface area contributed by atoms with Crippen LogP contribution in [0.4, 0.5) is 10.5 Å². The number of aromatic carboxylic acids is 1. The molecule has 0 saturated heterocycles. The minimum Gasteiger partial charge on any atom is -0.504 e. The molecule has 0 fully saturated rings. The Kier molecular flexibility index (Phi) is 6.32. The van der Waals surface area contributed by atoms with Crippen LogP contribution in [0, 0.1) is 0 Å². The molecule has 21 heavy (non-hydrogen) atoms.